The van der Waals surface area contributed by atoms with Gasteiger partial charge >= 0.3 is 6.18 Å². The van der Waals surface area contributed by atoms with Gasteiger partial charge in [-0.25, -0.2) is 0 Å². The Morgan fingerprint density at radius 2 is 1.94 bits per heavy atom. The first-order chi connectivity index (χ1) is 7.44. The molecule has 0 bridgehead atoms. The van der Waals surface area contributed by atoms with E-state index in [1.165, 1.54) is 0 Å². The molecule has 1 nitrogen and oxygen atoms in total. The molecule has 0 spiro atoms. The van der Waals surface area contributed by atoms with Crippen LogP contribution in [-0.2, 0) is 4.74 Å². The number of aryl methyl sites for hydroxylation is 1. The van der Waals surface area contributed by atoms with Crippen LogP contribution < -0.4 is 0 Å². The van der Waals surface area contributed by atoms with Crippen molar-refractivity contribution in [1.82, 2.24) is 0 Å². The van der Waals surface area contributed by atoms with Crippen molar-refractivity contribution in [3.05, 3.63) is 35.4 Å². The largest absolute Gasteiger partial charge is 0.411 e. The molecule has 0 saturated carbocycles. The molecule has 0 aliphatic heterocycles. The molecule has 0 amide bonds. The molecule has 1 aromatic rings. The Balaban J connectivity index is 2.72. The van der Waals surface area contributed by atoms with Crippen LogP contribution in [0.15, 0.2) is 24.3 Å². The maximum absolute atomic E-state index is 12.0. The molecular weight excluding hydrogens is 332 g/mol. The van der Waals surface area contributed by atoms with Crippen molar-refractivity contribution in [2.75, 3.05) is 11.0 Å². The van der Waals surface area contributed by atoms with Crippen molar-refractivity contribution in [2.45, 2.75) is 19.2 Å². The lowest BCUT2D eigenvalue weighted by Gasteiger charge is -2.18. The SMILES string of the molecule is Cc1ccccc1C(CI)OCC(F)(F)F. The lowest BCUT2D eigenvalue weighted by Crippen LogP contribution is -2.20. The fraction of sp³-hybridized carbons (Fsp3) is 0.455. The Kier molecular flexibility index (Phi) is 5.04. The quantitative estimate of drug-likeness (QED) is 0.592. The molecule has 0 fully saturated rings. The molecule has 1 rings (SSSR count). The third-order valence-electron chi connectivity index (χ3n) is 2.12. The first kappa shape index (κ1) is 13.8. The zero-order valence-corrected chi connectivity index (χ0v) is 10.9. The number of hydrogen-bond acceptors (Lipinski definition) is 1. The van der Waals surface area contributed by atoms with Crippen LogP contribution in [0, 0.1) is 6.92 Å². The monoisotopic (exact) mass is 344 g/mol. The van der Waals surface area contributed by atoms with Crippen LogP contribution in [0.3, 0.4) is 0 Å². The summed E-state index contributed by atoms with van der Waals surface area (Å²) in [5.41, 5.74) is 1.77. The standard InChI is InChI=1S/C11H12F3IO/c1-8-4-2-3-5-9(8)10(6-15)16-7-11(12,13)14/h2-5,10H,6-7H2,1H3. The highest BCUT2D eigenvalue weighted by Crippen LogP contribution is 2.26. The molecule has 0 aromatic heterocycles. The van der Waals surface area contributed by atoms with Gasteiger partial charge in [0.05, 0.1) is 6.10 Å². The molecule has 0 aliphatic rings. The molecule has 1 aromatic carbocycles. The third-order valence-corrected chi connectivity index (χ3v) is 2.92. The van der Waals surface area contributed by atoms with Gasteiger partial charge < -0.3 is 4.74 Å². The van der Waals surface area contributed by atoms with E-state index in [0.29, 0.717) is 4.43 Å². The maximum atomic E-state index is 12.0. The maximum Gasteiger partial charge on any atom is 0.411 e. The van der Waals surface area contributed by atoms with Crippen molar-refractivity contribution in [3.63, 3.8) is 0 Å². The van der Waals surface area contributed by atoms with E-state index in [4.69, 9.17) is 4.74 Å². The predicted molar refractivity (Wildman–Crippen MR) is 64.8 cm³/mol. The minimum absolute atomic E-state index is 0.497. The summed E-state index contributed by atoms with van der Waals surface area (Å²) in [6, 6.07) is 7.33. The summed E-state index contributed by atoms with van der Waals surface area (Å²) in [6.07, 6.45) is -4.77. The topological polar surface area (TPSA) is 9.23 Å². The zero-order valence-electron chi connectivity index (χ0n) is 8.72. The highest BCUT2D eigenvalue weighted by molar-refractivity contribution is 14.1. The van der Waals surface area contributed by atoms with Gasteiger partial charge in [-0.3, -0.25) is 0 Å². The smallest absolute Gasteiger partial charge is 0.363 e. The van der Waals surface area contributed by atoms with Gasteiger partial charge in [0.2, 0.25) is 0 Å². The normalized spacial score (nSPS) is 13.8. The number of alkyl halides is 4. The van der Waals surface area contributed by atoms with Gasteiger partial charge in [-0.2, -0.15) is 13.2 Å². The molecule has 0 aliphatic carbocycles. The number of ether oxygens (including phenoxy) is 1. The molecule has 0 heterocycles. The predicted octanol–water partition coefficient (Wildman–Crippen LogP) is 4.05. The summed E-state index contributed by atoms with van der Waals surface area (Å²) < 4.78 is 41.5. The van der Waals surface area contributed by atoms with Gasteiger partial charge in [-0.15, -0.1) is 0 Å². The molecule has 0 radical (unpaired) electrons. The van der Waals surface area contributed by atoms with Crippen LogP contribution >= 0.6 is 22.6 Å². The van der Waals surface area contributed by atoms with E-state index in [1.807, 2.05) is 41.6 Å². The van der Waals surface area contributed by atoms with E-state index in [1.54, 1.807) is 12.1 Å². The van der Waals surface area contributed by atoms with Gasteiger partial charge in [0.15, 0.2) is 0 Å². The van der Waals surface area contributed by atoms with Gasteiger partial charge in [0.25, 0.3) is 0 Å². The Labute approximate surface area is 106 Å². The lowest BCUT2D eigenvalue weighted by atomic mass is 10.0. The molecular formula is C11H12F3IO. The summed E-state index contributed by atoms with van der Waals surface area (Å²) in [4.78, 5) is 0. The molecule has 0 saturated heterocycles. The Morgan fingerprint density at radius 3 is 2.44 bits per heavy atom. The summed E-state index contributed by atoms with van der Waals surface area (Å²) >= 11 is 2.03. The Bertz CT molecular complexity index is 338. The zero-order chi connectivity index (χ0) is 12.2. The third kappa shape index (κ3) is 4.29. The highest BCUT2D eigenvalue weighted by atomic mass is 127. The lowest BCUT2D eigenvalue weighted by molar-refractivity contribution is -0.183. The van der Waals surface area contributed by atoms with Crippen LogP contribution in [0.1, 0.15) is 17.2 Å². The average Bonchev–Trinajstić information content (AvgIpc) is 2.20. The first-order valence-electron chi connectivity index (χ1n) is 4.74. The van der Waals surface area contributed by atoms with E-state index in [-0.39, 0.29) is 0 Å². The summed E-state index contributed by atoms with van der Waals surface area (Å²) in [6.45, 7) is 0.667. The average molecular weight is 344 g/mol. The van der Waals surface area contributed by atoms with E-state index >= 15 is 0 Å². The second kappa shape index (κ2) is 5.86. The van der Waals surface area contributed by atoms with E-state index in [2.05, 4.69) is 0 Å². The van der Waals surface area contributed by atoms with Crippen molar-refractivity contribution in [3.8, 4) is 0 Å². The molecule has 5 heteroatoms. The van der Waals surface area contributed by atoms with Crippen molar-refractivity contribution in [1.29, 1.82) is 0 Å². The summed E-state index contributed by atoms with van der Waals surface area (Å²) in [7, 11) is 0. The van der Waals surface area contributed by atoms with Gasteiger partial charge in [0.1, 0.15) is 6.61 Å². The second-order valence-electron chi connectivity index (χ2n) is 3.43. The van der Waals surface area contributed by atoms with E-state index < -0.39 is 18.9 Å². The van der Waals surface area contributed by atoms with Crippen LogP contribution in [0.4, 0.5) is 13.2 Å². The number of benzene rings is 1. The number of hydrogen-bond donors (Lipinski definition) is 0. The van der Waals surface area contributed by atoms with Crippen LogP contribution in [0.2, 0.25) is 0 Å². The Hall–Kier alpha value is -0.300. The first-order valence-corrected chi connectivity index (χ1v) is 6.26. The van der Waals surface area contributed by atoms with Crippen molar-refractivity contribution < 1.29 is 17.9 Å². The highest BCUT2D eigenvalue weighted by Gasteiger charge is 2.29. The number of halogens is 4. The second-order valence-corrected chi connectivity index (χ2v) is 4.31. The van der Waals surface area contributed by atoms with Crippen LogP contribution in [-0.4, -0.2) is 17.2 Å². The Morgan fingerprint density at radius 1 is 1.31 bits per heavy atom. The molecule has 1 atom stereocenters. The van der Waals surface area contributed by atoms with Crippen LogP contribution in [0.5, 0.6) is 0 Å². The van der Waals surface area contributed by atoms with Crippen molar-refractivity contribution >= 4 is 22.6 Å². The molecule has 0 N–H and O–H groups in total. The van der Waals surface area contributed by atoms with Gasteiger partial charge in [-0.1, -0.05) is 46.9 Å². The molecule has 16 heavy (non-hydrogen) atoms. The van der Waals surface area contributed by atoms with E-state index in [0.717, 1.165) is 11.1 Å². The minimum atomic E-state index is -4.27. The van der Waals surface area contributed by atoms with Gasteiger partial charge in [0, 0.05) is 4.43 Å². The fourth-order valence-corrected chi connectivity index (χ4v) is 2.09. The summed E-state index contributed by atoms with van der Waals surface area (Å²) in [5, 5.41) is 0. The number of rotatable bonds is 4. The molecule has 90 valence electrons. The van der Waals surface area contributed by atoms with Crippen LogP contribution in [0.25, 0.3) is 0 Å². The fourth-order valence-electron chi connectivity index (χ4n) is 1.36. The van der Waals surface area contributed by atoms with E-state index in [9.17, 15) is 13.2 Å². The summed E-state index contributed by atoms with van der Waals surface area (Å²) in [5.74, 6) is 0. The van der Waals surface area contributed by atoms with Gasteiger partial charge in [-0.05, 0) is 18.1 Å². The molecule has 1 unspecified atom stereocenters. The minimum Gasteiger partial charge on any atom is -0.363 e. The van der Waals surface area contributed by atoms with Crippen molar-refractivity contribution in [2.24, 2.45) is 0 Å².